The lowest BCUT2D eigenvalue weighted by molar-refractivity contribution is -0.388. The smallest absolute Gasteiger partial charge is 0.375 e. The average molecular weight is 245 g/mol. The Morgan fingerprint density at radius 2 is 2.06 bits per heavy atom. The fourth-order valence-electron chi connectivity index (χ4n) is 4.35. The Kier molecular flexibility index (Phi) is 1.96. The van der Waals surface area contributed by atoms with Crippen molar-refractivity contribution < 1.29 is 4.92 Å². The van der Waals surface area contributed by atoms with E-state index in [9.17, 15) is 10.1 Å². The van der Waals surface area contributed by atoms with Crippen molar-refractivity contribution in [2.24, 2.45) is 23.7 Å². The van der Waals surface area contributed by atoms with Crippen LogP contribution in [0, 0.1) is 33.8 Å². The van der Waals surface area contributed by atoms with Crippen molar-refractivity contribution in [1.29, 1.82) is 0 Å². The first-order valence-corrected chi connectivity index (χ1v) is 6.61. The first-order valence-electron chi connectivity index (χ1n) is 6.61. The summed E-state index contributed by atoms with van der Waals surface area (Å²) in [4.78, 5) is 14.4. The average Bonchev–Trinajstić information content (AvgIpc) is 2.78. The molecule has 1 heterocycles. The summed E-state index contributed by atoms with van der Waals surface area (Å²) in [7, 11) is 0. The van der Waals surface area contributed by atoms with E-state index in [2.05, 4.69) is 10.3 Å². The molecule has 0 aliphatic heterocycles. The third-order valence-corrected chi connectivity index (χ3v) is 5.02. The molecule has 1 aromatic rings. The molecule has 1 N–H and O–H groups in total. The zero-order valence-electron chi connectivity index (χ0n) is 9.95. The Hall–Kier alpha value is -1.65. The minimum Gasteiger partial charge on any atom is -0.375 e. The molecule has 4 unspecified atom stereocenters. The molecule has 0 aromatic carbocycles. The largest absolute Gasteiger partial charge is 0.386 e. The lowest BCUT2D eigenvalue weighted by atomic mass is 10.0. The Morgan fingerprint density at radius 1 is 1.33 bits per heavy atom. The maximum Gasteiger partial charge on any atom is 0.386 e. The van der Waals surface area contributed by atoms with E-state index in [4.69, 9.17) is 0 Å². The normalized spacial score (nSPS) is 39.4. The molecule has 0 saturated heterocycles. The molecule has 0 amide bonds. The van der Waals surface area contributed by atoms with Crippen LogP contribution in [0.25, 0.3) is 0 Å². The van der Waals surface area contributed by atoms with Crippen LogP contribution >= 0.6 is 0 Å². The highest BCUT2D eigenvalue weighted by molar-refractivity contribution is 5.58. The molecular formula is C13H15N3O2. The van der Waals surface area contributed by atoms with E-state index in [0.29, 0.717) is 11.7 Å². The molecule has 3 fully saturated rings. The van der Waals surface area contributed by atoms with Crippen molar-refractivity contribution in [2.75, 3.05) is 5.32 Å². The molecule has 0 spiro atoms. The number of fused-ring (bicyclic) bond motifs is 5. The van der Waals surface area contributed by atoms with E-state index < -0.39 is 4.92 Å². The van der Waals surface area contributed by atoms with E-state index in [1.807, 2.05) is 0 Å². The number of aromatic nitrogens is 1. The Labute approximate surface area is 105 Å². The zero-order valence-corrected chi connectivity index (χ0v) is 9.95. The molecular weight excluding hydrogens is 230 g/mol. The third-order valence-electron chi connectivity index (χ3n) is 5.02. The summed E-state index contributed by atoms with van der Waals surface area (Å²) in [5.74, 6) is 3.23. The fourth-order valence-corrected chi connectivity index (χ4v) is 4.35. The summed E-state index contributed by atoms with van der Waals surface area (Å²) >= 11 is 0. The number of pyridine rings is 1. The van der Waals surface area contributed by atoms with Gasteiger partial charge in [-0.1, -0.05) is 0 Å². The first-order chi connectivity index (χ1) is 8.75. The minimum atomic E-state index is -0.408. The number of anilines is 1. The second-order valence-electron chi connectivity index (χ2n) is 5.79. The van der Waals surface area contributed by atoms with Gasteiger partial charge in [-0.3, -0.25) is 0 Å². The highest BCUT2D eigenvalue weighted by Crippen LogP contribution is 2.66. The van der Waals surface area contributed by atoms with Gasteiger partial charge >= 0.3 is 5.82 Å². The van der Waals surface area contributed by atoms with Crippen LogP contribution in [0.15, 0.2) is 18.3 Å². The lowest BCUT2D eigenvalue weighted by Gasteiger charge is -2.11. The van der Waals surface area contributed by atoms with Gasteiger partial charge in [-0.15, -0.1) is 0 Å². The number of hydrogen-bond donors (Lipinski definition) is 1. The molecule has 4 atom stereocenters. The van der Waals surface area contributed by atoms with Crippen LogP contribution in [0.3, 0.4) is 0 Å². The summed E-state index contributed by atoms with van der Waals surface area (Å²) in [5.41, 5.74) is 0.585. The van der Waals surface area contributed by atoms with Crippen molar-refractivity contribution in [1.82, 2.24) is 4.98 Å². The quantitative estimate of drug-likeness (QED) is 0.656. The van der Waals surface area contributed by atoms with E-state index in [0.717, 1.165) is 23.7 Å². The molecule has 3 saturated carbocycles. The van der Waals surface area contributed by atoms with E-state index in [1.165, 1.54) is 25.5 Å². The maximum atomic E-state index is 10.9. The number of nitrogens with one attached hydrogen (secondary N) is 1. The maximum absolute atomic E-state index is 10.9. The summed E-state index contributed by atoms with van der Waals surface area (Å²) in [5, 5.41) is 14.3. The second-order valence-corrected chi connectivity index (χ2v) is 5.79. The van der Waals surface area contributed by atoms with Crippen LogP contribution in [-0.2, 0) is 0 Å². The highest BCUT2D eigenvalue weighted by atomic mass is 16.6. The summed E-state index contributed by atoms with van der Waals surface area (Å²) < 4.78 is 0. The summed E-state index contributed by atoms with van der Waals surface area (Å²) in [6.07, 6.45) is 5.58. The van der Waals surface area contributed by atoms with Crippen LogP contribution < -0.4 is 5.32 Å². The standard InChI is InChI=1S/C13H15N3O2/c17-16(18)13-9(2-1-5-14-13)15-12-10-7-3-4-8(6-7)11(10)12/h1-2,5,7-8,10-12,15H,3-4,6H2. The van der Waals surface area contributed by atoms with Crippen molar-refractivity contribution in [2.45, 2.75) is 25.3 Å². The molecule has 0 radical (unpaired) electrons. The molecule has 2 bridgehead atoms. The number of hydrogen-bond acceptors (Lipinski definition) is 4. The van der Waals surface area contributed by atoms with Gasteiger partial charge in [0.15, 0.2) is 0 Å². The molecule has 5 heteroatoms. The summed E-state index contributed by atoms with van der Waals surface area (Å²) in [6, 6.07) is 3.97. The monoisotopic (exact) mass is 245 g/mol. The number of rotatable bonds is 3. The molecule has 5 nitrogen and oxygen atoms in total. The van der Waals surface area contributed by atoms with E-state index in [-0.39, 0.29) is 5.82 Å². The van der Waals surface area contributed by atoms with Crippen LogP contribution in [0.1, 0.15) is 19.3 Å². The van der Waals surface area contributed by atoms with Crippen LogP contribution in [0.5, 0.6) is 0 Å². The number of nitrogens with zero attached hydrogens (tertiary/aromatic N) is 2. The Balaban J connectivity index is 1.55. The third kappa shape index (κ3) is 1.30. The lowest BCUT2D eigenvalue weighted by Crippen LogP contribution is -2.14. The molecule has 4 rings (SSSR count). The van der Waals surface area contributed by atoms with Crippen LogP contribution in [0.2, 0.25) is 0 Å². The van der Waals surface area contributed by atoms with Gasteiger partial charge in [0.25, 0.3) is 0 Å². The van der Waals surface area contributed by atoms with Gasteiger partial charge in [0, 0.05) is 6.04 Å². The topological polar surface area (TPSA) is 68.1 Å². The van der Waals surface area contributed by atoms with Crippen molar-refractivity contribution in [3.63, 3.8) is 0 Å². The Bertz CT molecular complexity index is 503. The fraction of sp³-hybridized carbons (Fsp3) is 0.615. The highest BCUT2D eigenvalue weighted by Gasteiger charge is 2.65. The van der Waals surface area contributed by atoms with Gasteiger partial charge in [-0.2, -0.15) is 0 Å². The molecule has 94 valence electrons. The van der Waals surface area contributed by atoms with Crippen LogP contribution in [0.4, 0.5) is 11.5 Å². The van der Waals surface area contributed by atoms with Crippen molar-refractivity contribution in [3.05, 3.63) is 28.4 Å². The molecule has 18 heavy (non-hydrogen) atoms. The Morgan fingerprint density at radius 3 is 2.72 bits per heavy atom. The van der Waals surface area contributed by atoms with Crippen molar-refractivity contribution >= 4 is 11.5 Å². The SMILES string of the molecule is O=[N+]([O-])c1ncccc1NC1C2C3CCC(C3)C12. The molecule has 3 aliphatic rings. The van der Waals surface area contributed by atoms with Gasteiger partial charge in [0.05, 0.1) is 0 Å². The minimum absolute atomic E-state index is 0.0465. The first kappa shape index (κ1) is 10.3. The molecule has 3 aliphatic carbocycles. The van der Waals surface area contributed by atoms with Gasteiger partial charge in [-0.25, -0.2) is 0 Å². The van der Waals surface area contributed by atoms with Gasteiger partial charge < -0.3 is 15.4 Å². The second kappa shape index (κ2) is 3.43. The van der Waals surface area contributed by atoms with E-state index in [1.54, 1.807) is 12.1 Å². The number of nitro groups is 1. The van der Waals surface area contributed by atoms with Crippen molar-refractivity contribution in [3.8, 4) is 0 Å². The molecule has 1 aromatic heterocycles. The predicted molar refractivity (Wildman–Crippen MR) is 66.1 cm³/mol. The predicted octanol–water partition coefficient (Wildman–Crippen LogP) is 2.45. The summed E-state index contributed by atoms with van der Waals surface area (Å²) in [6.45, 7) is 0. The zero-order chi connectivity index (χ0) is 12.3. The van der Waals surface area contributed by atoms with Gasteiger partial charge in [-0.05, 0) is 65.0 Å². The van der Waals surface area contributed by atoms with Gasteiger partial charge in [0.2, 0.25) is 0 Å². The van der Waals surface area contributed by atoms with Crippen LogP contribution in [-0.4, -0.2) is 15.9 Å². The van der Waals surface area contributed by atoms with E-state index >= 15 is 0 Å². The van der Waals surface area contributed by atoms with Gasteiger partial charge in [0.1, 0.15) is 11.9 Å².